The summed E-state index contributed by atoms with van der Waals surface area (Å²) in [5, 5.41) is 20.3. The highest BCUT2D eigenvalue weighted by molar-refractivity contribution is 5.87. The maximum absolute atomic E-state index is 12.4. The first-order valence-electron chi connectivity index (χ1n) is 11.9. The number of allylic oxidation sites excluding steroid dienone is 2. The van der Waals surface area contributed by atoms with E-state index in [0.29, 0.717) is 25.7 Å². The average molecular weight is 409 g/mol. The summed E-state index contributed by atoms with van der Waals surface area (Å²) in [6.45, 7) is 6.21. The summed E-state index contributed by atoms with van der Waals surface area (Å²) < 4.78 is 0. The third-order valence-corrected chi connectivity index (χ3v) is 6.80. The van der Waals surface area contributed by atoms with E-state index in [9.17, 15) is 19.8 Å². The summed E-state index contributed by atoms with van der Waals surface area (Å²) >= 11 is 0. The van der Waals surface area contributed by atoms with E-state index in [1.54, 1.807) is 0 Å². The first-order valence-corrected chi connectivity index (χ1v) is 11.9. The van der Waals surface area contributed by atoms with Crippen molar-refractivity contribution in [3.05, 3.63) is 12.2 Å². The van der Waals surface area contributed by atoms with Gasteiger partial charge in [-0.1, -0.05) is 104 Å². The van der Waals surface area contributed by atoms with Crippen molar-refractivity contribution in [2.45, 2.75) is 117 Å². The number of carboxylic acid groups (broad SMARTS) is 2. The van der Waals surface area contributed by atoms with Gasteiger partial charge in [0.05, 0.1) is 10.8 Å². The van der Waals surface area contributed by atoms with Crippen molar-refractivity contribution in [1.82, 2.24) is 0 Å². The second-order valence-electron chi connectivity index (χ2n) is 9.54. The van der Waals surface area contributed by atoms with Gasteiger partial charge < -0.3 is 10.2 Å². The molecule has 2 N–H and O–H groups in total. The molecule has 1 rings (SSSR count). The minimum absolute atomic E-state index is 0.147. The molecule has 1 aliphatic carbocycles. The van der Waals surface area contributed by atoms with Crippen molar-refractivity contribution >= 4 is 11.9 Å². The summed E-state index contributed by atoms with van der Waals surface area (Å²) in [4.78, 5) is 24.7. The lowest BCUT2D eigenvalue weighted by Gasteiger charge is -2.47. The highest BCUT2D eigenvalue weighted by atomic mass is 16.4. The molecular formula is C25H44O4. The lowest BCUT2D eigenvalue weighted by molar-refractivity contribution is -0.178. The van der Waals surface area contributed by atoms with E-state index in [4.69, 9.17) is 0 Å². The van der Waals surface area contributed by atoms with Gasteiger partial charge in [-0.25, -0.2) is 0 Å². The van der Waals surface area contributed by atoms with E-state index in [0.717, 1.165) is 19.3 Å². The predicted octanol–water partition coefficient (Wildman–Crippen LogP) is 7.23. The van der Waals surface area contributed by atoms with Crippen LogP contribution < -0.4 is 0 Å². The van der Waals surface area contributed by atoms with Crippen LogP contribution in [0.15, 0.2) is 12.2 Å². The number of carbonyl (C=O) groups is 2. The molecule has 0 fully saturated rings. The van der Waals surface area contributed by atoms with Crippen LogP contribution >= 0.6 is 0 Å². The van der Waals surface area contributed by atoms with Gasteiger partial charge in [-0.2, -0.15) is 0 Å². The monoisotopic (exact) mass is 408 g/mol. The number of carboxylic acids is 2. The molecule has 0 aliphatic heterocycles. The molecule has 0 aromatic carbocycles. The van der Waals surface area contributed by atoms with Gasteiger partial charge in [-0.05, 0) is 31.6 Å². The number of unbranched alkanes of at least 4 members (excludes halogenated alkanes) is 10. The van der Waals surface area contributed by atoms with Crippen LogP contribution in [-0.4, -0.2) is 22.2 Å². The molecule has 0 saturated carbocycles. The van der Waals surface area contributed by atoms with Gasteiger partial charge in [0.2, 0.25) is 0 Å². The van der Waals surface area contributed by atoms with Gasteiger partial charge in [0, 0.05) is 0 Å². The van der Waals surface area contributed by atoms with Crippen molar-refractivity contribution in [2.75, 3.05) is 0 Å². The topological polar surface area (TPSA) is 74.6 Å². The fourth-order valence-corrected chi connectivity index (χ4v) is 5.15. The van der Waals surface area contributed by atoms with Crippen LogP contribution in [-0.2, 0) is 9.59 Å². The van der Waals surface area contributed by atoms with Crippen molar-refractivity contribution in [2.24, 2.45) is 16.7 Å². The zero-order chi connectivity index (χ0) is 21.8. The molecule has 0 aromatic rings. The summed E-state index contributed by atoms with van der Waals surface area (Å²) in [5.74, 6) is -1.73. The molecule has 1 aliphatic rings. The Bertz CT molecular complexity index is 525. The minimum Gasteiger partial charge on any atom is -0.481 e. The first kappa shape index (κ1) is 25.7. The van der Waals surface area contributed by atoms with Gasteiger partial charge in [-0.15, -0.1) is 0 Å². The predicted molar refractivity (Wildman–Crippen MR) is 119 cm³/mol. The molecule has 0 aromatic heterocycles. The smallest absolute Gasteiger partial charge is 0.311 e. The van der Waals surface area contributed by atoms with E-state index in [2.05, 4.69) is 6.92 Å². The highest BCUT2D eigenvalue weighted by Crippen LogP contribution is 2.55. The van der Waals surface area contributed by atoms with Gasteiger partial charge in [0.25, 0.3) is 0 Å². The van der Waals surface area contributed by atoms with E-state index >= 15 is 0 Å². The molecule has 4 nitrogen and oxygen atoms in total. The van der Waals surface area contributed by atoms with Crippen molar-refractivity contribution in [1.29, 1.82) is 0 Å². The SMILES string of the molecule is CCCCCCCCCCCCCC1(C(=O)O)CC=CCC1(CC(C)C)C(=O)O. The normalized spacial score (nSPS) is 24.1. The van der Waals surface area contributed by atoms with Crippen LogP contribution in [0.2, 0.25) is 0 Å². The first-order chi connectivity index (χ1) is 13.8. The number of aliphatic carboxylic acids is 2. The van der Waals surface area contributed by atoms with Crippen molar-refractivity contribution in [3.63, 3.8) is 0 Å². The lowest BCUT2D eigenvalue weighted by atomic mass is 9.53. The Morgan fingerprint density at radius 1 is 0.759 bits per heavy atom. The van der Waals surface area contributed by atoms with Crippen molar-refractivity contribution in [3.8, 4) is 0 Å². The molecule has 2 unspecified atom stereocenters. The van der Waals surface area contributed by atoms with Crippen LogP contribution in [0.4, 0.5) is 0 Å². The molecule has 0 radical (unpaired) electrons. The van der Waals surface area contributed by atoms with Crippen LogP contribution in [0.5, 0.6) is 0 Å². The molecule has 0 spiro atoms. The number of hydrogen-bond donors (Lipinski definition) is 2. The number of hydrogen-bond acceptors (Lipinski definition) is 2. The van der Waals surface area contributed by atoms with Crippen LogP contribution in [0.25, 0.3) is 0 Å². The second kappa shape index (κ2) is 13.1. The standard InChI is InChI=1S/C25H44O4/c1-4-5-6-7-8-9-10-11-12-13-14-17-24(22(26)27)18-15-16-19-25(24,23(28)29)20-21(2)3/h15-16,21H,4-14,17-20H2,1-3H3,(H,26,27)(H,28,29). The Morgan fingerprint density at radius 3 is 1.59 bits per heavy atom. The fraction of sp³-hybridized carbons (Fsp3) is 0.840. The molecule has 2 atom stereocenters. The quantitative estimate of drug-likeness (QED) is 0.209. The van der Waals surface area contributed by atoms with E-state index in [1.807, 2.05) is 26.0 Å². The van der Waals surface area contributed by atoms with Crippen LogP contribution in [0.3, 0.4) is 0 Å². The Morgan fingerprint density at radius 2 is 1.17 bits per heavy atom. The van der Waals surface area contributed by atoms with Crippen LogP contribution in [0.1, 0.15) is 117 Å². The molecule has 29 heavy (non-hydrogen) atoms. The molecule has 0 saturated heterocycles. The maximum Gasteiger partial charge on any atom is 0.311 e. The third-order valence-electron chi connectivity index (χ3n) is 6.80. The second-order valence-corrected chi connectivity index (χ2v) is 9.54. The average Bonchev–Trinajstić information content (AvgIpc) is 2.66. The van der Waals surface area contributed by atoms with E-state index in [-0.39, 0.29) is 5.92 Å². The zero-order valence-electron chi connectivity index (χ0n) is 19.0. The molecule has 0 heterocycles. The maximum atomic E-state index is 12.4. The molecule has 4 heteroatoms. The Hall–Kier alpha value is -1.32. The van der Waals surface area contributed by atoms with Crippen LogP contribution in [0, 0.1) is 16.7 Å². The highest BCUT2D eigenvalue weighted by Gasteiger charge is 2.60. The van der Waals surface area contributed by atoms with E-state index < -0.39 is 22.8 Å². The van der Waals surface area contributed by atoms with Crippen molar-refractivity contribution < 1.29 is 19.8 Å². The molecule has 0 amide bonds. The summed E-state index contributed by atoms with van der Waals surface area (Å²) in [6.07, 6.45) is 18.6. The number of rotatable bonds is 16. The lowest BCUT2D eigenvalue weighted by Crippen LogP contribution is -2.54. The third kappa shape index (κ3) is 7.15. The van der Waals surface area contributed by atoms with Gasteiger partial charge in [0.15, 0.2) is 0 Å². The molecule has 168 valence electrons. The largest absolute Gasteiger partial charge is 0.481 e. The van der Waals surface area contributed by atoms with E-state index in [1.165, 1.54) is 51.4 Å². The zero-order valence-corrected chi connectivity index (χ0v) is 19.0. The summed E-state index contributed by atoms with van der Waals surface area (Å²) in [6, 6.07) is 0. The Balaban J connectivity index is 2.55. The minimum atomic E-state index is -1.19. The molecular weight excluding hydrogens is 364 g/mol. The van der Waals surface area contributed by atoms with Gasteiger partial charge >= 0.3 is 11.9 Å². The summed E-state index contributed by atoms with van der Waals surface area (Å²) in [7, 11) is 0. The Labute approximate surface area is 178 Å². The van der Waals surface area contributed by atoms with Gasteiger partial charge in [0.1, 0.15) is 0 Å². The molecule has 0 bridgehead atoms. The van der Waals surface area contributed by atoms with Gasteiger partial charge in [-0.3, -0.25) is 9.59 Å². The summed E-state index contributed by atoms with van der Waals surface area (Å²) in [5.41, 5.74) is -2.38. The fourth-order valence-electron chi connectivity index (χ4n) is 5.15. The Kier molecular flexibility index (Phi) is 11.6.